The number of anilines is 1. The number of hydrogen-bond donors (Lipinski definition) is 1. The van der Waals surface area contributed by atoms with E-state index in [2.05, 4.69) is 23.5 Å². The number of rotatable bonds is 4. The highest BCUT2D eigenvalue weighted by molar-refractivity contribution is 5.94. The number of nitrogens with zero attached hydrogens (tertiary/aromatic N) is 1. The van der Waals surface area contributed by atoms with E-state index in [1.807, 2.05) is 11.0 Å². The van der Waals surface area contributed by atoms with E-state index in [0.717, 1.165) is 31.6 Å². The predicted molar refractivity (Wildman–Crippen MR) is 72.8 cm³/mol. The van der Waals surface area contributed by atoms with Gasteiger partial charge in [-0.05, 0) is 37.3 Å². The summed E-state index contributed by atoms with van der Waals surface area (Å²) in [6.45, 7) is 1.70. The van der Waals surface area contributed by atoms with Gasteiger partial charge in [-0.1, -0.05) is 18.2 Å². The Morgan fingerprint density at radius 2 is 2.17 bits per heavy atom. The molecule has 3 heteroatoms. The maximum Gasteiger partial charge on any atom is 0.228 e. The third-order valence-electron chi connectivity index (χ3n) is 3.76. The number of para-hydroxylation sites is 1. The molecule has 0 spiro atoms. The Labute approximate surface area is 108 Å². The van der Waals surface area contributed by atoms with E-state index in [1.165, 1.54) is 18.4 Å². The fourth-order valence-electron chi connectivity index (χ4n) is 2.60. The molecule has 1 aromatic carbocycles. The van der Waals surface area contributed by atoms with Crippen LogP contribution in [0.5, 0.6) is 0 Å². The quantitative estimate of drug-likeness (QED) is 0.879. The summed E-state index contributed by atoms with van der Waals surface area (Å²) in [5.74, 6) is 0.260. The van der Waals surface area contributed by atoms with Crippen LogP contribution in [-0.4, -0.2) is 25.0 Å². The third kappa shape index (κ3) is 2.56. The number of carbonyl (C=O) groups excluding carboxylic acids is 1. The molecule has 3 rings (SSSR count). The van der Waals surface area contributed by atoms with Crippen molar-refractivity contribution in [1.29, 1.82) is 0 Å². The second-order valence-electron chi connectivity index (χ2n) is 5.26. The van der Waals surface area contributed by atoms with Gasteiger partial charge in [0.15, 0.2) is 0 Å². The molecule has 0 unspecified atom stereocenters. The van der Waals surface area contributed by atoms with Gasteiger partial charge in [0.05, 0.1) is 0 Å². The first-order valence-electron chi connectivity index (χ1n) is 6.96. The lowest BCUT2D eigenvalue weighted by atomic mass is 10.0. The predicted octanol–water partition coefficient (Wildman–Crippen LogP) is 2.11. The van der Waals surface area contributed by atoms with Crippen LogP contribution in [0.3, 0.4) is 0 Å². The van der Waals surface area contributed by atoms with E-state index in [0.29, 0.717) is 12.5 Å². The summed E-state index contributed by atoms with van der Waals surface area (Å²) in [5.41, 5.74) is 2.44. The van der Waals surface area contributed by atoms with Crippen molar-refractivity contribution < 1.29 is 4.79 Å². The zero-order valence-corrected chi connectivity index (χ0v) is 10.7. The van der Waals surface area contributed by atoms with Gasteiger partial charge in [0.25, 0.3) is 0 Å². The molecular weight excluding hydrogens is 224 g/mol. The average Bonchev–Trinajstić information content (AvgIpc) is 3.22. The monoisotopic (exact) mass is 244 g/mol. The Morgan fingerprint density at radius 1 is 1.33 bits per heavy atom. The summed E-state index contributed by atoms with van der Waals surface area (Å²) >= 11 is 0. The van der Waals surface area contributed by atoms with Gasteiger partial charge in [-0.3, -0.25) is 4.79 Å². The van der Waals surface area contributed by atoms with Crippen LogP contribution in [0.2, 0.25) is 0 Å². The summed E-state index contributed by atoms with van der Waals surface area (Å²) in [4.78, 5) is 14.2. The van der Waals surface area contributed by atoms with Gasteiger partial charge in [0.1, 0.15) is 0 Å². The van der Waals surface area contributed by atoms with Crippen LogP contribution >= 0.6 is 0 Å². The van der Waals surface area contributed by atoms with E-state index >= 15 is 0 Å². The van der Waals surface area contributed by atoms with Crippen molar-refractivity contribution in [2.75, 3.05) is 18.0 Å². The Hall–Kier alpha value is -1.35. The van der Waals surface area contributed by atoms with Crippen molar-refractivity contribution in [1.82, 2.24) is 5.32 Å². The molecule has 1 saturated carbocycles. The number of aryl methyl sites for hydroxylation is 1. The SMILES string of the molecule is O=C(CCNC1CC1)N1CCCc2ccccc21. The first kappa shape index (κ1) is 11.7. The highest BCUT2D eigenvalue weighted by atomic mass is 16.2. The van der Waals surface area contributed by atoms with Crippen molar-refractivity contribution in [3.05, 3.63) is 29.8 Å². The van der Waals surface area contributed by atoms with E-state index < -0.39 is 0 Å². The Kier molecular flexibility index (Phi) is 3.33. The molecule has 0 saturated heterocycles. The van der Waals surface area contributed by atoms with Crippen LogP contribution in [0, 0.1) is 0 Å². The smallest absolute Gasteiger partial charge is 0.228 e. The molecular formula is C15H20N2O. The molecule has 0 aromatic heterocycles. The van der Waals surface area contributed by atoms with E-state index in [-0.39, 0.29) is 5.91 Å². The highest BCUT2D eigenvalue weighted by Crippen LogP contribution is 2.27. The summed E-state index contributed by atoms with van der Waals surface area (Å²) in [6, 6.07) is 8.97. The molecule has 0 atom stereocenters. The van der Waals surface area contributed by atoms with Crippen molar-refractivity contribution >= 4 is 11.6 Å². The summed E-state index contributed by atoms with van der Waals surface area (Å²) < 4.78 is 0. The van der Waals surface area contributed by atoms with Gasteiger partial charge in [-0.15, -0.1) is 0 Å². The van der Waals surface area contributed by atoms with Gasteiger partial charge in [0, 0.05) is 31.2 Å². The normalized spacial score (nSPS) is 18.6. The van der Waals surface area contributed by atoms with Crippen LogP contribution in [0.1, 0.15) is 31.2 Å². The molecule has 96 valence electrons. The first-order valence-corrected chi connectivity index (χ1v) is 6.96. The van der Waals surface area contributed by atoms with Gasteiger partial charge in [-0.25, -0.2) is 0 Å². The van der Waals surface area contributed by atoms with Crippen molar-refractivity contribution in [3.63, 3.8) is 0 Å². The molecule has 1 aromatic rings. The van der Waals surface area contributed by atoms with Gasteiger partial charge in [-0.2, -0.15) is 0 Å². The lowest BCUT2D eigenvalue weighted by Crippen LogP contribution is -2.37. The maximum atomic E-state index is 12.2. The van der Waals surface area contributed by atoms with Crippen molar-refractivity contribution in [3.8, 4) is 0 Å². The number of benzene rings is 1. The maximum absolute atomic E-state index is 12.2. The first-order chi connectivity index (χ1) is 8.84. The Bertz CT molecular complexity index is 440. The lowest BCUT2D eigenvalue weighted by Gasteiger charge is -2.29. The van der Waals surface area contributed by atoms with Crippen molar-refractivity contribution in [2.45, 2.75) is 38.1 Å². The largest absolute Gasteiger partial charge is 0.313 e. The fourth-order valence-corrected chi connectivity index (χ4v) is 2.60. The Balaban J connectivity index is 1.62. The molecule has 0 radical (unpaired) electrons. The van der Waals surface area contributed by atoms with E-state index in [9.17, 15) is 4.79 Å². The minimum atomic E-state index is 0.260. The van der Waals surface area contributed by atoms with E-state index in [4.69, 9.17) is 0 Å². The molecule has 1 amide bonds. The standard InChI is InChI=1S/C15H20N2O/c18-15(9-10-16-13-7-8-13)17-11-3-5-12-4-1-2-6-14(12)17/h1-2,4,6,13,16H,3,5,7-11H2. The molecule has 3 nitrogen and oxygen atoms in total. The number of amides is 1. The fraction of sp³-hybridized carbons (Fsp3) is 0.533. The topological polar surface area (TPSA) is 32.3 Å². The minimum Gasteiger partial charge on any atom is -0.313 e. The zero-order chi connectivity index (χ0) is 12.4. The second kappa shape index (κ2) is 5.11. The molecule has 1 fully saturated rings. The molecule has 1 aliphatic heterocycles. The second-order valence-corrected chi connectivity index (χ2v) is 5.26. The minimum absolute atomic E-state index is 0.260. The van der Waals surface area contributed by atoms with Crippen LogP contribution < -0.4 is 10.2 Å². The van der Waals surface area contributed by atoms with Gasteiger partial charge < -0.3 is 10.2 Å². The molecule has 1 heterocycles. The Morgan fingerprint density at radius 3 is 3.00 bits per heavy atom. The van der Waals surface area contributed by atoms with Gasteiger partial charge >= 0.3 is 0 Å². The summed E-state index contributed by atoms with van der Waals surface area (Å²) in [6.07, 6.45) is 5.35. The number of nitrogens with one attached hydrogen (secondary N) is 1. The van der Waals surface area contributed by atoms with Crippen LogP contribution in [0.25, 0.3) is 0 Å². The van der Waals surface area contributed by atoms with Crippen molar-refractivity contribution in [2.24, 2.45) is 0 Å². The molecule has 18 heavy (non-hydrogen) atoms. The molecule has 0 bridgehead atoms. The third-order valence-corrected chi connectivity index (χ3v) is 3.76. The zero-order valence-electron chi connectivity index (χ0n) is 10.7. The van der Waals surface area contributed by atoms with Crippen LogP contribution in [-0.2, 0) is 11.2 Å². The van der Waals surface area contributed by atoms with Gasteiger partial charge in [0.2, 0.25) is 5.91 Å². The van der Waals surface area contributed by atoms with Crippen LogP contribution in [0.15, 0.2) is 24.3 Å². The summed E-state index contributed by atoms with van der Waals surface area (Å²) in [7, 11) is 0. The number of carbonyl (C=O) groups is 1. The average molecular weight is 244 g/mol. The summed E-state index contributed by atoms with van der Waals surface area (Å²) in [5, 5.41) is 3.40. The van der Waals surface area contributed by atoms with Crippen LogP contribution in [0.4, 0.5) is 5.69 Å². The highest BCUT2D eigenvalue weighted by Gasteiger charge is 2.23. The molecule has 1 aliphatic carbocycles. The number of hydrogen-bond acceptors (Lipinski definition) is 2. The lowest BCUT2D eigenvalue weighted by molar-refractivity contribution is -0.118. The number of fused-ring (bicyclic) bond motifs is 1. The molecule has 2 aliphatic rings. The molecule has 1 N–H and O–H groups in total. The van der Waals surface area contributed by atoms with E-state index in [1.54, 1.807) is 0 Å².